The summed E-state index contributed by atoms with van der Waals surface area (Å²) in [5.74, 6) is 1.31. The Bertz CT molecular complexity index is 1550. The van der Waals surface area contributed by atoms with E-state index in [1.54, 1.807) is 24.3 Å². The monoisotopic (exact) mass is 629 g/mol. The Morgan fingerprint density at radius 1 is 1.16 bits per heavy atom. The van der Waals surface area contributed by atoms with E-state index in [-0.39, 0.29) is 22.9 Å². The van der Waals surface area contributed by atoms with Crippen molar-refractivity contribution in [1.29, 1.82) is 0 Å². The van der Waals surface area contributed by atoms with Crippen molar-refractivity contribution < 1.29 is 14.4 Å². The van der Waals surface area contributed by atoms with E-state index < -0.39 is 4.92 Å². The van der Waals surface area contributed by atoms with E-state index >= 15 is 0 Å². The molecule has 10 nitrogen and oxygen atoms in total. The fraction of sp³-hybridized carbons (Fsp3) is 0.200. The van der Waals surface area contributed by atoms with Crippen LogP contribution in [0.4, 0.5) is 5.69 Å². The first-order valence-corrected chi connectivity index (χ1v) is 12.8. The maximum Gasteiger partial charge on any atom is 0.287 e. The van der Waals surface area contributed by atoms with E-state index in [0.29, 0.717) is 38.9 Å². The van der Waals surface area contributed by atoms with Crippen molar-refractivity contribution in [1.82, 2.24) is 14.6 Å². The third-order valence-electron chi connectivity index (χ3n) is 5.35. The number of nitrogens with zero attached hydrogens (tertiary/aromatic N) is 5. The number of pyridine rings is 1. The van der Waals surface area contributed by atoms with Crippen molar-refractivity contribution in [3.05, 3.63) is 89.5 Å². The molecule has 0 spiro atoms. The minimum Gasteiger partial charge on any atom is -0.493 e. The molecule has 2 aromatic heterocycles. The van der Waals surface area contributed by atoms with Crippen molar-refractivity contribution in [2.24, 2.45) is 5.10 Å². The van der Waals surface area contributed by atoms with Crippen LogP contribution in [0.25, 0.3) is 10.9 Å². The number of aryl methyl sites for hydroxylation is 1. The first-order chi connectivity index (χ1) is 17.8. The predicted molar refractivity (Wildman–Crippen MR) is 147 cm³/mol. The second-order valence-corrected chi connectivity index (χ2v) is 9.73. The van der Waals surface area contributed by atoms with E-state index in [1.807, 2.05) is 6.07 Å². The summed E-state index contributed by atoms with van der Waals surface area (Å²) in [6.07, 6.45) is 4.94. The van der Waals surface area contributed by atoms with Crippen LogP contribution < -0.4 is 15.0 Å². The topological polar surface area (TPSA) is 122 Å². The molecule has 0 atom stereocenters. The highest BCUT2D eigenvalue weighted by atomic mass is 79.9. The van der Waals surface area contributed by atoms with Crippen LogP contribution >= 0.6 is 31.9 Å². The lowest BCUT2D eigenvalue weighted by atomic mass is 10.2. The second kappa shape index (κ2) is 11.6. The molecular formula is C25H21Br2N5O5. The predicted octanol–water partition coefficient (Wildman–Crippen LogP) is 6.25. The zero-order valence-corrected chi connectivity index (χ0v) is 23.0. The number of methoxy groups -OCH3 is 1. The molecule has 37 heavy (non-hydrogen) atoms. The highest BCUT2D eigenvalue weighted by Gasteiger charge is 2.16. The maximum absolute atomic E-state index is 13.4. The molecule has 0 fully saturated rings. The maximum atomic E-state index is 13.4. The molecule has 2 aromatic carbocycles. The lowest BCUT2D eigenvalue weighted by Gasteiger charge is -2.13. The average molecular weight is 631 g/mol. The lowest BCUT2D eigenvalue weighted by molar-refractivity contribution is -0.385. The van der Waals surface area contributed by atoms with Gasteiger partial charge in [0.15, 0.2) is 11.5 Å². The van der Waals surface area contributed by atoms with Gasteiger partial charge >= 0.3 is 0 Å². The van der Waals surface area contributed by atoms with E-state index in [9.17, 15) is 14.9 Å². The van der Waals surface area contributed by atoms with Crippen molar-refractivity contribution in [2.75, 3.05) is 7.11 Å². The summed E-state index contributed by atoms with van der Waals surface area (Å²) in [5.41, 5.74) is 0.624. The average Bonchev–Trinajstić information content (AvgIpc) is 2.88. The molecule has 4 aromatic rings. The van der Waals surface area contributed by atoms with Gasteiger partial charge in [-0.05, 0) is 36.8 Å². The number of hydrogen-bond donors (Lipinski definition) is 0. The number of aromatic nitrogens is 3. The van der Waals surface area contributed by atoms with Gasteiger partial charge in [0.2, 0.25) is 5.88 Å². The molecule has 0 saturated carbocycles. The minimum atomic E-state index is -0.543. The first-order valence-electron chi connectivity index (χ1n) is 11.2. The van der Waals surface area contributed by atoms with E-state index in [2.05, 4.69) is 53.9 Å². The minimum absolute atomic E-state index is 0.124. The van der Waals surface area contributed by atoms with Crippen LogP contribution in [0.3, 0.4) is 0 Å². The van der Waals surface area contributed by atoms with Crippen LogP contribution in [0, 0.1) is 10.1 Å². The van der Waals surface area contributed by atoms with Crippen molar-refractivity contribution >= 4 is 54.7 Å². The van der Waals surface area contributed by atoms with Gasteiger partial charge in [0.1, 0.15) is 12.0 Å². The van der Waals surface area contributed by atoms with E-state index in [4.69, 9.17) is 9.47 Å². The Hall–Kier alpha value is -3.64. The van der Waals surface area contributed by atoms with Crippen LogP contribution in [0.2, 0.25) is 0 Å². The molecule has 2 heterocycles. The van der Waals surface area contributed by atoms with Gasteiger partial charge in [-0.15, -0.1) is 0 Å². The summed E-state index contributed by atoms with van der Waals surface area (Å²) < 4.78 is 14.2. The molecule has 0 amide bonds. The molecule has 0 aliphatic heterocycles. The van der Waals surface area contributed by atoms with Crippen molar-refractivity contribution in [2.45, 2.75) is 26.2 Å². The Balaban J connectivity index is 1.81. The molecule has 0 bridgehead atoms. The molecule has 12 heteroatoms. The second-order valence-electron chi connectivity index (χ2n) is 7.89. The summed E-state index contributed by atoms with van der Waals surface area (Å²) in [6.45, 7) is 2.06. The third-order valence-corrected chi connectivity index (χ3v) is 6.30. The number of ether oxygens (including phenoxy) is 2. The number of fused-ring (bicyclic) bond motifs is 1. The Labute approximate surface area is 228 Å². The number of halogens is 2. The largest absolute Gasteiger partial charge is 0.493 e. The standard InChI is InChI=1S/C25H21Br2N5O5/c1-3-4-5-22-30-20-8-6-16(26)11-19(20)25(33)31(22)29-13-15-10-17(27)12-21(36-2)24(15)37-23-9-7-18(14-28-23)32(34)35/h6-14H,3-5H2,1-2H3. The quantitative estimate of drug-likeness (QED) is 0.122. The number of hydrogen-bond acceptors (Lipinski definition) is 8. The summed E-state index contributed by atoms with van der Waals surface area (Å²) in [5, 5.41) is 15.9. The fourth-order valence-corrected chi connectivity index (χ4v) is 4.34. The number of rotatable bonds is 9. The van der Waals surface area contributed by atoms with Gasteiger partial charge in [-0.1, -0.05) is 45.2 Å². The van der Waals surface area contributed by atoms with Gasteiger partial charge in [-0.2, -0.15) is 9.78 Å². The summed E-state index contributed by atoms with van der Waals surface area (Å²) >= 11 is 6.87. The molecule has 0 radical (unpaired) electrons. The molecule has 4 rings (SSSR count). The SMILES string of the molecule is CCCCc1nc2ccc(Br)cc2c(=O)n1N=Cc1cc(Br)cc(OC)c1Oc1ccc([N+](=O)[O-])cn1. The van der Waals surface area contributed by atoms with Gasteiger partial charge in [-0.25, -0.2) is 9.97 Å². The van der Waals surface area contributed by atoms with Crippen LogP contribution in [0.5, 0.6) is 17.4 Å². The van der Waals surface area contributed by atoms with E-state index in [1.165, 1.54) is 30.1 Å². The summed E-state index contributed by atoms with van der Waals surface area (Å²) in [7, 11) is 1.48. The van der Waals surface area contributed by atoms with Crippen LogP contribution in [0.15, 0.2) is 67.5 Å². The van der Waals surface area contributed by atoms with Gasteiger partial charge in [0.05, 0.1) is 29.2 Å². The van der Waals surface area contributed by atoms with Crippen molar-refractivity contribution in [3.8, 4) is 17.4 Å². The molecule has 0 aliphatic rings. The summed E-state index contributed by atoms with van der Waals surface area (Å²) in [4.78, 5) is 32.5. The third kappa shape index (κ3) is 6.03. The lowest BCUT2D eigenvalue weighted by Crippen LogP contribution is -2.22. The summed E-state index contributed by atoms with van der Waals surface area (Å²) in [6, 6.07) is 11.5. The van der Waals surface area contributed by atoms with Gasteiger partial charge in [-0.3, -0.25) is 14.9 Å². The zero-order valence-electron chi connectivity index (χ0n) is 19.9. The fourth-order valence-electron chi connectivity index (χ4n) is 3.52. The van der Waals surface area contributed by atoms with Crippen LogP contribution in [-0.4, -0.2) is 32.9 Å². The Kier molecular flexibility index (Phi) is 8.29. The smallest absolute Gasteiger partial charge is 0.287 e. The Morgan fingerprint density at radius 2 is 1.97 bits per heavy atom. The molecule has 0 aliphatic carbocycles. The normalized spacial score (nSPS) is 11.2. The number of benzene rings is 2. The highest BCUT2D eigenvalue weighted by Crippen LogP contribution is 2.37. The molecule has 0 saturated heterocycles. The number of unbranched alkanes of at least 4 members (excludes halogenated alkanes) is 1. The Morgan fingerprint density at radius 3 is 2.65 bits per heavy atom. The van der Waals surface area contributed by atoms with Gasteiger partial charge in [0, 0.05) is 33.1 Å². The highest BCUT2D eigenvalue weighted by molar-refractivity contribution is 9.10. The van der Waals surface area contributed by atoms with Gasteiger partial charge in [0.25, 0.3) is 11.2 Å². The van der Waals surface area contributed by atoms with Gasteiger partial charge < -0.3 is 9.47 Å². The van der Waals surface area contributed by atoms with E-state index in [0.717, 1.165) is 23.5 Å². The zero-order chi connectivity index (χ0) is 26.5. The van der Waals surface area contributed by atoms with Crippen molar-refractivity contribution in [3.63, 3.8) is 0 Å². The molecule has 0 unspecified atom stereocenters. The molecule has 0 N–H and O–H groups in total. The van der Waals surface area contributed by atoms with Crippen LogP contribution in [-0.2, 0) is 6.42 Å². The first kappa shape index (κ1) is 26.4. The number of nitro groups is 1. The molecular weight excluding hydrogens is 610 g/mol. The van der Waals surface area contributed by atoms with Crippen LogP contribution in [0.1, 0.15) is 31.2 Å². The molecule has 190 valence electrons.